The van der Waals surface area contributed by atoms with Crippen molar-refractivity contribution in [3.63, 3.8) is 0 Å². The van der Waals surface area contributed by atoms with Gasteiger partial charge in [0.15, 0.2) is 0 Å². The van der Waals surface area contributed by atoms with Crippen LogP contribution < -0.4 is 4.74 Å². The molecule has 1 aliphatic carbocycles. The molecule has 0 aromatic heterocycles. The second-order valence-corrected chi connectivity index (χ2v) is 4.80. The van der Waals surface area contributed by atoms with Crippen molar-refractivity contribution in [3.05, 3.63) is 29.8 Å². The Hall–Kier alpha value is -1.57. The normalized spacial score (nSPS) is 15.0. The van der Waals surface area contributed by atoms with Gasteiger partial charge in [0.05, 0.1) is 12.2 Å². The van der Waals surface area contributed by atoms with E-state index in [9.17, 15) is 0 Å². The lowest BCUT2D eigenvalue weighted by atomic mass is 9.91. The van der Waals surface area contributed by atoms with Gasteiger partial charge in [-0.25, -0.2) is 0 Å². The van der Waals surface area contributed by atoms with Crippen LogP contribution in [0.25, 0.3) is 0 Å². The molecule has 0 saturated heterocycles. The first-order valence-electron chi connectivity index (χ1n) is 6.82. The Labute approximate surface area is 114 Å². The van der Waals surface area contributed by atoms with E-state index in [2.05, 4.69) is 11.0 Å². The maximum Gasteiger partial charge on any atom is 0.137 e. The summed E-state index contributed by atoms with van der Waals surface area (Å²) >= 11 is 0. The van der Waals surface area contributed by atoms with E-state index >= 15 is 0 Å². The molecule has 0 amide bonds. The Balaban J connectivity index is 1.82. The zero-order chi connectivity index (χ0) is 13.5. The van der Waals surface area contributed by atoms with Crippen LogP contribution in [0.2, 0.25) is 0 Å². The number of aliphatic hydroxyl groups excluding tert-OH is 1. The molecule has 4 nitrogen and oxygen atoms in total. The highest BCUT2D eigenvalue weighted by Crippen LogP contribution is 2.24. The average Bonchev–Trinajstić information content (AvgIpc) is 2.37. The van der Waals surface area contributed by atoms with E-state index in [1.165, 1.54) is 19.3 Å². The Morgan fingerprint density at radius 2 is 2.11 bits per heavy atom. The van der Waals surface area contributed by atoms with Gasteiger partial charge in [-0.05, 0) is 25.0 Å². The largest absolute Gasteiger partial charge is 0.491 e. The minimum Gasteiger partial charge on any atom is -0.491 e. The highest BCUT2D eigenvalue weighted by Gasteiger charge is 2.24. The average molecular weight is 260 g/mol. The van der Waals surface area contributed by atoms with Gasteiger partial charge < -0.3 is 9.84 Å². The van der Waals surface area contributed by atoms with Gasteiger partial charge in [0.2, 0.25) is 0 Å². The summed E-state index contributed by atoms with van der Waals surface area (Å²) in [6.07, 6.45) is 3.72. The molecule has 1 N–H and O–H groups in total. The van der Waals surface area contributed by atoms with Gasteiger partial charge in [0, 0.05) is 19.1 Å². The van der Waals surface area contributed by atoms with E-state index in [-0.39, 0.29) is 6.61 Å². The number of rotatable bonds is 7. The molecule has 0 atom stereocenters. The molecule has 1 fully saturated rings. The zero-order valence-corrected chi connectivity index (χ0v) is 11.1. The number of aliphatic hydroxyl groups is 1. The molecule has 0 spiro atoms. The summed E-state index contributed by atoms with van der Waals surface area (Å²) in [6.45, 7) is 2.24. The molecule has 19 heavy (non-hydrogen) atoms. The summed E-state index contributed by atoms with van der Waals surface area (Å²) in [5.41, 5.74) is 0.569. The first-order valence-corrected chi connectivity index (χ1v) is 6.82. The Kier molecular flexibility index (Phi) is 5.20. The number of hydrogen-bond acceptors (Lipinski definition) is 4. The third-order valence-electron chi connectivity index (χ3n) is 3.62. The third kappa shape index (κ3) is 3.69. The van der Waals surface area contributed by atoms with Crippen LogP contribution in [0.1, 0.15) is 24.8 Å². The Morgan fingerprint density at radius 3 is 2.74 bits per heavy atom. The summed E-state index contributed by atoms with van der Waals surface area (Å²) in [7, 11) is 0. The van der Waals surface area contributed by atoms with Gasteiger partial charge in [-0.15, -0.1) is 0 Å². The monoisotopic (exact) mass is 260 g/mol. The Morgan fingerprint density at radius 1 is 1.32 bits per heavy atom. The van der Waals surface area contributed by atoms with Crippen molar-refractivity contribution < 1.29 is 9.84 Å². The summed E-state index contributed by atoms with van der Waals surface area (Å²) in [5.74, 6) is 0.641. The maximum absolute atomic E-state index is 9.08. The molecule has 102 valence electrons. The fourth-order valence-corrected chi connectivity index (χ4v) is 2.31. The van der Waals surface area contributed by atoms with Gasteiger partial charge in [-0.3, -0.25) is 4.90 Å². The fourth-order valence-electron chi connectivity index (χ4n) is 2.31. The van der Waals surface area contributed by atoms with Crippen LogP contribution in [0.5, 0.6) is 5.75 Å². The number of ether oxygens (including phenoxy) is 1. The predicted molar refractivity (Wildman–Crippen MR) is 72.9 cm³/mol. The van der Waals surface area contributed by atoms with Crippen molar-refractivity contribution in [1.82, 2.24) is 4.90 Å². The van der Waals surface area contributed by atoms with Crippen LogP contribution in [-0.2, 0) is 0 Å². The molecule has 0 unspecified atom stereocenters. The topological polar surface area (TPSA) is 56.5 Å². The number of hydrogen-bond donors (Lipinski definition) is 1. The maximum atomic E-state index is 9.08. The second kappa shape index (κ2) is 7.13. The van der Waals surface area contributed by atoms with Crippen molar-refractivity contribution in [3.8, 4) is 11.8 Å². The van der Waals surface area contributed by atoms with Crippen LogP contribution in [0, 0.1) is 11.3 Å². The molecular weight excluding hydrogens is 240 g/mol. The van der Waals surface area contributed by atoms with E-state index in [1.54, 1.807) is 6.07 Å². The highest BCUT2D eigenvalue weighted by molar-refractivity contribution is 5.42. The van der Waals surface area contributed by atoms with Crippen molar-refractivity contribution in [1.29, 1.82) is 5.26 Å². The van der Waals surface area contributed by atoms with Gasteiger partial charge >= 0.3 is 0 Å². The van der Waals surface area contributed by atoms with E-state index in [1.807, 2.05) is 18.2 Å². The molecule has 1 aromatic rings. The molecule has 1 aromatic carbocycles. The van der Waals surface area contributed by atoms with Crippen LogP contribution in [0.15, 0.2) is 24.3 Å². The van der Waals surface area contributed by atoms with Crippen molar-refractivity contribution in [2.45, 2.75) is 25.3 Å². The standard InChI is InChI=1S/C15H20N2O2/c16-12-13-4-1-2-7-15(13)19-11-9-17(8-10-18)14-5-3-6-14/h1-2,4,7,14,18H,3,5-6,8-11H2. The first kappa shape index (κ1) is 13.9. The number of benzene rings is 1. The lowest BCUT2D eigenvalue weighted by Crippen LogP contribution is -2.43. The van der Waals surface area contributed by atoms with Crippen molar-refractivity contribution in [2.24, 2.45) is 0 Å². The molecule has 0 bridgehead atoms. The molecule has 0 aliphatic heterocycles. The van der Waals surface area contributed by atoms with E-state index in [0.29, 0.717) is 30.5 Å². The number of nitriles is 1. The van der Waals surface area contributed by atoms with E-state index in [0.717, 1.165) is 6.54 Å². The summed E-state index contributed by atoms with van der Waals surface area (Å²) < 4.78 is 5.68. The van der Waals surface area contributed by atoms with Gasteiger partial charge in [-0.2, -0.15) is 5.26 Å². The summed E-state index contributed by atoms with van der Waals surface area (Å²) in [4.78, 5) is 2.28. The molecule has 1 aliphatic rings. The van der Waals surface area contributed by atoms with Crippen LogP contribution in [0.4, 0.5) is 0 Å². The number of para-hydroxylation sites is 1. The van der Waals surface area contributed by atoms with Gasteiger partial charge in [0.25, 0.3) is 0 Å². The summed E-state index contributed by atoms with van der Waals surface area (Å²) in [6, 6.07) is 10.00. The molecule has 0 radical (unpaired) electrons. The molecular formula is C15H20N2O2. The zero-order valence-electron chi connectivity index (χ0n) is 11.1. The highest BCUT2D eigenvalue weighted by atomic mass is 16.5. The van der Waals surface area contributed by atoms with E-state index in [4.69, 9.17) is 15.1 Å². The molecule has 2 rings (SSSR count). The fraction of sp³-hybridized carbons (Fsp3) is 0.533. The van der Waals surface area contributed by atoms with Crippen molar-refractivity contribution in [2.75, 3.05) is 26.3 Å². The SMILES string of the molecule is N#Cc1ccccc1OCCN(CCO)C1CCC1. The van der Waals surface area contributed by atoms with Crippen molar-refractivity contribution >= 4 is 0 Å². The van der Waals surface area contributed by atoms with Gasteiger partial charge in [-0.1, -0.05) is 18.6 Å². The van der Waals surface area contributed by atoms with Crippen LogP contribution in [-0.4, -0.2) is 42.4 Å². The summed E-state index contributed by atoms with van der Waals surface area (Å²) in [5, 5.41) is 18.1. The van der Waals surface area contributed by atoms with Gasteiger partial charge in [0.1, 0.15) is 18.4 Å². The minimum absolute atomic E-state index is 0.186. The minimum atomic E-state index is 0.186. The van der Waals surface area contributed by atoms with Crippen LogP contribution in [0.3, 0.4) is 0 Å². The Bertz CT molecular complexity index is 438. The second-order valence-electron chi connectivity index (χ2n) is 4.80. The lowest BCUT2D eigenvalue weighted by Gasteiger charge is -2.37. The van der Waals surface area contributed by atoms with Crippen LogP contribution >= 0.6 is 0 Å². The molecule has 0 heterocycles. The quantitative estimate of drug-likeness (QED) is 0.812. The number of nitrogens with zero attached hydrogens (tertiary/aromatic N) is 2. The first-order chi connectivity index (χ1) is 9.35. The van der Waals surface area contributed by atoms with E-state index < -0.39 is 0 Å². The molecule has 4 heteroatoms. The smallest absolute Gasteiger partial charge is 0.137 e. The lowest BCUT2D eigenvalue weighted by molar-refractivity contribution is 0.0859. The molecule has 1 saturated carbocycles. The predicted octanol–water partition coefficient (Wildman–Crippen LogP) is 1.78. The third-order valence-corrected chi connectivity index (χ3v) is 3.62.